The van der Waals surface area contributed by atoms with Crippen molar-refractivity contribution in [2.45, 2.75) is 43.8 Å². The van der Waals surface area contributed by atoms with E-state index in [2.05, 4.69) is 10.1 Å². The first kappa shape index (κ1) is 20.7. The highest BCUT2D eigenvalue weighted by Gasteiger charge is 2.59. The maximum absolute atomic E-state index is 14.0. The molecule has 1 N–H and O–H groups in total. The third-order valence-electron chi connectivity index (χ3n) is 5.15. The van der Waals surface area contributed by atoms with E-state index in [0.717, 1.165) is 6.07 Å². The second kappa shape index (κ2) is 7.09. The van der Waals surface area contributed by atoms with Gasteiger partial charge in [-0.1, -0.05) is 0 Å². The molecule has 0 amide bonds. The Balaban J connectivity index is 1.78. The van der Waals surface area contributed by atoms with E-state index in [1.54, 1.807) is 0 Å². The van der Waals surface area contributed by atoms with Crippen LogP contribution in [0, 0.1) is 11.2 Å². The third-order valence-corrected chi connectivity index (χ3v) is 5.15. The Bertz CT molecular complexity index is 741. The monoisotopic (exact) mass is 415 g/mol. The van der Waals surface area contributed by atoms with Crippen LogP contribution in [0.15, 0.2) is 18.2 Å². The third kappa shape index (κ3) is 4.03. The van der Waals surface area contributed by atoms with Crippen LogP contribution in [-0.2, 0) is 15.7 Å². The van der Waals surface area contributed by atoms with Crippen molar-refractivity contribution >= 4 is 5.97 Å². The number of hydrogen-bond donors (Lipinski definition) is 1. The zero-order valence-corrected chi connectivity index (χ0v) is 14.3. The Morgan fingerprint density at radius 2 is 1.75 bits per heavy atom. The first-order valence-electron chi connectivity index (χ1n) is 8.44. The smallest absolute Gasteiger partial charge is 0.483 e. The van der Waals surface area contributed by atoms with Crippen LogP contribution in [-0.4, -0.2) is 37.4 Å². The van der Waals surface area contributed by atoms with Crippen LogP contribution in [0.5, 0.6) is 5.75 Å². The predicted octanol–water partition coefficient (Wildman–Crippen LogP) is 3.84. The van der Waals surface area contributed by atoms with Crippen molar-refractivity contribution in [2.24, 2.45) is 5.41 Å². The van der Waals surface area contributed by atoms with Gasteiger partial charge in [-0.2, -0.15) is 26.3 Å². The molecule has 1 aliphatic carbocycles. The van der Waals surface area contributed by atoms with Crippen molar-refractivity contribution < 1.29 is 45.0 Å². The van der Waals surface area contributed by atoms with Crippen molar-refractivity contribution in [1.29, 1.82) is 0 Å². The maximum Gasteiger partial charge on any atom is 0.490 e. The molecule has 1 heterocycles. The summed E-state index contributed by atoms with van der Waals surface area (Å²) in [5, 5.41) is 3.04. The normalized spacial score (nSPS) is 24.5. The minimum Gasteiger partial charge on any atom is -0.483 e. The number of carbonyl (C=O) groups is 1. The van der Waals surface area contributed by atoms with Crippen LogP contribution in [0.4, 0.5) is 30.7 Å². The fourth-order valence-corrected chi connectivity index (χ4v) is 3.69. The molecule has 0 bridgehead atoms. The van der Waals surface area contributed by atoms with Crippen molar-refractivity contribution in [2.75, 3.05) is 13.1 Å². The van der Waals surface area contributed by atoms with E-state index in [-0.39, 0.29) is 12.5 Å². The van der Waals surface area contributed by atoms with Crippen LogP contribution < -0.4 is 10.1 Å². The van der Waals surface area contributed by atoms with Crippen molar-refractivity contribution in [3.05, 3.63) is 29.6 Å². The molecule has 156 valence electrons. The minimum absolute atomic E-state index is 0.199. The lowest BCUT2D eigenvalue weighted by Gasteiger charge is -2.55. The van der Waals surface area contributed by atoms with Gasteiger partial charge >= 0.3 is 18.3 Å². The average molecular weight is 415 g/mol. The van der Waals surface area contributed by atoms with Crippen LogP contribution >= 0.6 is 0 Å². The summed E-state index contributed by atoms with van der Waals surface area (Å²) in [6.45, 7) is 1.00. The molecule has 1 aromatic carbocycles. The van der Waals surface area contributed by atoms with Gasteiger partial charge in [0, 0.05) is 5.41 Å². The van der Waals surface area contributed by atoms with Gasteiger partial charge in [0.15, 0.2) is 11.6 Å². The Kier molecular flexibility index (Phi) is 5.24. The molecule has 1 saturated carbocycles. The van der Waals surface area contributed by atoms with Crippen LogP contribution in [0.1, 0.15) is 24.8 Å². The maximum atomic E-state index is 14.0. The molecule has 1 spiro atoms. The molecule has 0 radical (unpaired) electrons. The lowest BCUT2D eigenvalue weighted by molar-refractivity contribution is -0.237. The van der Waals surface area contributed by atoms with E-state index in [0.29, 0.717) is 32.0 Å². The molecule has 2 atom stereocenters. The molecule has 1 saturated heterocycles. The number of piperidine rings is 1. The summed E-state index contributed by atoms with van der Waals surface area (Å²) in [4.78, 5) is 11.3. The summed E-state index contributed by atoms with van der Waals surface area (Å²) in [5.74, 6) is -4.23. The Labute approximate surface area is 155 Å². The first-order valence-corrected chi connectivity index (χ1v) is 8.44. The molecule has 3 rings (SSSR count). The molecular formula is C17H16F7NO3. The number of esters is 1. The molecule has 2 unspecified atom stereocenters. The van der Waals surface area contributed by atoms with E-state index in [1.807, 2.05) is 0 Å². The quantitative estimate of drug-likeness (QED) is 0.602. The summed E-state index contributed by atoms with van der Waals surface area (Å²) in [6, 6.07) is 1.60. The lowest BCUT2D eigenvalue weighted by atomic mass is 9.59. The summed E-state index contributed by atoms with van der Waals surface area (Å²) in [7, 11) is 0. The van der Waals surface area contributed by atoms with Gasteiger partial charge in [-0.05, 0) is 50.6 Å². The predicted molar refractivity (Wildman–Crippen MR) is 80.9 cm³/mol. The fourth-order valence-electron chi connectivity index (χ4n) is 3.69. The van der Waals surface area contributed by atoms with Gasteiger partial charge in [0.2, 0.25) is 0 Å². The topological polar surface area (TPSA) is 47.6 Å². The number of benzene rings is 1. The van der Waals surface area contributed by atoms with Gasteiger partial charge in [-0.25, -0.2) is 9.18 Å². The van der Waals surface area contributed by atoms with Gasteiger partial charge in [-0.15, -0.1) is 0 Å². The highest BCUT2D eigenvalue weighted by molar-refractivity contribution is 5.76. The van der Waals surface area contributed by atoms with Crippen LogP contribution in [0.2, 0.25) is 0 Å². The second-order valence-electron chi connectivity index (χ2n) is 6.94. The Morgan fingerprint density at radius 1 is 1.11 bits per heavy atom. The van der Waals surface area contributed by atoms with E-state index >= 15 is 0 Å². The molecule has 0 aromatic heterocycles. The number of carbonyl (C=O) groups excluding carboxylic acids is 1. The van der Waals surface area contributed by atoms with Crippen LogP contribution in [0.25, 0.3) is 0 Å². The van der Waals surface area contributed by atoms with Crippen molar-refractivity contribution in [3.8, 4) is 5.75 Å². The first-order chi connectivity index (χ1) is 12.9. The number of nitrogens with one attached hydrogen (secondary N) is 1. The molecule has 11 heteroatoms. The van der Waals surface area contributed by atoms with E-state index in [4.69, 9.17) is 4.74 Å². The molecular weight excluding hydrogens is 399 g/mol. The van der Waals surface area contributed by atoms with E-state index in [9.17, 15) is 35.5 Å². The van der Waals surface area contributed by atoms with Gasteiger partial charge in [-0.3, -0.25) is 0 Å². The highest BCUT2D eigenvalue weighted by Crippen LogP contribution is 2.52. The Morgan fingerprint density at radius 3 is 2.29 bits per heavy atom. The molecule has 4 nitrogen and oxygen atoms in total. The number of ether oxygens (including phenoxy) is 2. The summed E-state index contributed by atoms with van der Waals surface area (Å²) >= 11 is 0. The SMILES string of the molecule is O=C(OC1C(Oc2ccc(C(F)(F)F)cc2F)CC12CCNCC2)C(F)(F)F. The number of halogens is 7. The zero-order valence-electron chi connectivity index (χ0n) is 14.3. The minimum atomic E-state index is -5.20. The van der Waals surface area contributed by atoms with Gasteiger partial charge in [0.25, 0.3) is 0 Å². The summed E-state index contributed by atoms with van der Waals surface area (Å²) in [6.07, 6.45) is -11.3. The fraction of sp³-hybridized carbons (Fsp3) is 0.588. The van der Waals surface area contributed by atoms with Crippen LogP contribution in [0.3, 0.4) is 0 Å². The van der Waals surface area contributed by atoms with Crippen molar-refractivity contribution in [1.82, 2.24) is 5.32 Å². The number of alkyl halides is 6. The number of rotatable bonds is 3. The van der Waals surface area contributed by atoms with Gasteiger partial charge < -0.3 is 14.8 Å². The standard InChI is InChI=1S/C17H16F7NO3/c18-10-7-9(16(19,20)21)1-2-11(10)27-12-8-15(3-5-25-6-4-15)13(12)28-14(26)17(22,23)24/h1-2,7,12-13,25H,3-6,8H2. The largest absolute Gasteiger partial charge is 0.490 e. The summed E-state index contributed by atoms with van der Waals surface area (Å²) < 4.78 is 99.6. The Hall–Kier alpha value is -2.04. The van der Waals surface area contributed by atoms with Gasteiger partial charge in [0.1, 0.15) is 12.2 Å². The van der Waals surface area contributed by atoms with E-state index < -0.39 is 53.1 Å². The lowest BCUT2D eigenvalue weighted by Crippen LogP contribution is -2.64. The van der Waals surface area contributed by atoms with Gasteiger partial charge in [0.05, 0.1) is 5.56 Å². The molecule has 2 aliphatic rings. The van der Waals surface area contributed by atoms with Crippen molar-refractivity contribution in [3.63, 3.8) is 0 Å². The molecule has 28 heavy (non-hydrogen) atoms. The average Bonchev–Trinajstić information content (AvgIpc) is 2.59. The number of hydrogen-bond acceptors (Lipinski definition) is 4. The highest BCUT2D eigenvalue weighted by atomic mass is 19.4. The molecule has 1 aromatic rings. The molecule has 2 fully saturated rings. The van der Waals surface area contributed by atoms with E-state index in [1.165, 1.54) is 0 Å². The second-order valence-corrected chi connectivity index (χ2v) is 6.94. The molecule has 1 aliphatic heterocycles. The summed E-state index contributed by atoms with van der Waals surface area (Å²) in [5.41, 5.74) is -1.96. The zero-order chi connectivity index (χ0) is 20.7.